The number of ether oxygens (including phenoxy) is 3. The number of carbonyl (C=O) groups is 1. The van der Waals surface area contributed by atoms with Crippen molar-refractivity contribution in [2.75, 3.05) is 21.3 Å². The number of amides is 2. The first-order valence-corrected chi connectivity index (χ1v) is 8.94. The molecule has 6 nitrogen and oxygen atoms in total. The summed E-state index contributed by atoms with van der Waals surface area (Å²) in [5.74, 6) is 2.15. The zero-order chi connectivity index (χ0) is 19.6. The molecule has 0 aliphatic rings. The summed E-state index contributed by atoms with van der Waals surface area (Å²) < 4.78 is 15.6. The van der Waals surface area contributed by atoms with Crippen molar-refractivity contribution in [1.82, 2.24) is 10.6 Å². The van der Waals surface area contributed by atoms with Crippen LogP contribution in [0.25, 0.3) is 0 Å². The zero-order valence-electron chi connectivity index (χ0n) is 16.4. The number of urea groups is 1. The Morgan fingerprint density at radius 1 is 0.926 bits per heavy atom. The van der Waals surface area contributed by atoms with Crippen molar-refractivity contribution in [3.05, 3.63) is 53.6 Å². The maximum absolute atomic E-state index is 12.1. The first kappa shape index (κ1) is 20.4. The van der Waals surface area contributed by atoms with Crippen LogP contribution in [0.5, 0.6) is 17.2 Å². The molecule has 146 valence electrons. The van der Waals surface area contributed by atoms with Gasteiger partial charge in [0, 0.05) is 12.6 Å². The van der Waals surface area contributed by atoms with Crippen molar-refractivity contribution in [3.63, 3.8) is 0 Å². The van der Waals surface area contributed by atoms with E-state index in [2.05, 4.69) is 10.6 Å². The molecule has 0 saturated heterocycles. The second kappa shape index (κ2) is 10.3. The average molecular weight is 372 g/mol. The lowest BCUT2D eigenvalue weighted by molar-refractivity contribution is 0.237. The van der Waals surface area contributed by atoms with Crippen molar-refractivity contribution < 1.29 is 19.0 Å². The standard InChI is InChI=1S/C21H28N2O4/c1-15(5-6-16-7-10-18(25-2)11-8-16)23-21(24)22-14-17-9-12-19(26-3)20(13-17)27-4/h7-13,15H,5-6,14H2,1-4H3,(H2,22,23,24). The lowest BCUT2D eigenvalue weighted by Gasteiger charge is -2.15. The summed E-state index contributed by atoms with van der Waals surface area (Å²) in [6.07, 6.45) is 1.75. The maximum atomic E-state index is 12.1. The molecular weight excluding hydrogens is 344 g/mol. The van der Waals surface area contributed by atoms with E-state index in [-0.39, 0.29) is 12.1 Å². The van der Waals surface area contributed by atoms with Gasteiger partial charge in [0.15, 0.2) is 11.5 Å². The van der Waals surface area contributed by atoms with E-state index in [4.69, 9.17) is 14.2 Å². The van der Waals surface area contributed by atoms with Crippen LogP contribution in [0.2, 0.25) is 0 Å². The molecule has 0 saturated carbocycles. The van der Waals surface area contributed by atoms with Crippen LogP contribution in [-0.2, 0) is 13.0 Å². The van der Waals surface area contributed by atoms with Crippen molar-refractivity contribution in [2.45, 2.75) is 32.4 Å². The first-order valence-electron chi connectivity index (χ1n) is 8.94. The van der Waals surface area contributed by atoms with Crippen molar-refractivity contribution in [1.29, 1.82) is 0 Å². The van der Waals surface area contributed by atoms with Gasteiger partial charge in [-0.2, -0.15) is 0 Å². The van der Waals surface area contributed by atoms with Gasteiger partial charge in [0.1, 0.15) is 5.75 Å². The molecule has 2 rings (SSSR count). The van der Waals surface area contributed by atoms with E-state index in [1.54, 1.807) is 21.3 Å². The molecule has 0 heterocycles. The van der Waals surface area contributed by atoms with Crippen molar-refractivity contribution >= 4 is 6.03 Å². The van der Waals surface area contributed by atoms with Gasteiger partial charge in [-0.25, -0.2) is 4.79 Å². The Morgan fingerprint density at radius 3 is 2.22 bits per heavy atom. The molecule has 0 spiro atoms. The van der Waals surface area contributed by atoms with Gasteiger partial charge in [0.25, 0.3) is 0 Å². The first-order chi connectivity index (χ1) is 13.0. The SMILES string of the molecule is COc1ccc(CCC(C)NC(=O)NCc2ccc(OC)c(OC)c2)cc1. The van der Waals surface area contributed by atoms with Gasteiger partial charge in [-0.3, -0.25) is 0 Å². The Hall–Kier alpha value is -2.89. The third-order valence-corrected chi connectivity index (χ3v) is 4.30. The molecule has 6 heteroatoms. The van der Waals surface area contributed by atoms with E-state index in [0.717, 1.165) is 24.2 Å². The Balaban J connectivity index is 1.75. The molecule has 0 fully saturated rings. The Bertz CT molecular complexity index is 731. The number of hydrogen-bond acceptors (Lipinski definition) is 4. The second-order valence-corrected chi connectivity index (χ2v) is 6.30. The summed E-state index contributed by atoms with van der Waals surface area (Å²) in [7, 11) is 4.84. The molecule has 2 aromatic carbocycles. The minimum Gasteiger partial charge on any atom is -0.497 e. The summed E-state index contributed by atoms with van der Waals surface area (Å²) in [4.78, 5) is 12.1. The fraction of sp³-hybridized carbons (Fsp3) is 0.381. The Morgan fingerprint density at radius 2 is 1.59 bits per heavy atom. The predicted octanol–water partition coefficient (Wildman–Crippen LogP) is 3.53. The van der Waals surface area contributed by atoms with Crippen LogP contribution in [0.3, 0.4) is 0 Å². The van der Waals surface area contributed by atoms with Crippen LogP contribution in [0.4, 0.5) is 4.79 Å². The highest BCUT2D eigenvalue weighted by molar-refractivity contribution is 5.74. The zero-order valence-corrected chi connectivity index (χ0v) is 16.4. The number of rotatable bonds is 9. The molecule has 2 N–H and O–H groups in total. The second-order valence-electron chi connectivity index (χ2n) is 6.30. The molecule has 0 aliphatic heterocycles. The molecule has 1 atom stereocenters. The molecular formula is C21H28N2O4. The monoisotopic (exact) mass is 372 g/mol. The normalized spacial score (nSPS) is 11.4. The van der Waals surface area contributed by atoms with E-state index in [1.807, 2.05) is 49.4 Å². The van der Waals surface area contributed by atoms with Crippen LogP contribution in [0.1, 0.15) is 24.5 Å². The highest BCUT2D eigenvalue weighted by Gasteiger charge is 2.09. The fourth-order valence-corrected chi connectivity index (χ4v) is 2.70. The highest BCUT2D eigenvalue weighted by Crippen LogP contribution is 2.27. The molecule has 2 aromatic rings. The van der Waals surface area contributed by atoms with Gasteiger partial charge in [-0.1, -0.05) is 18.2 Å². The van der Waals surface area contributed by atoms with Crippen LogP contribution >= 0.6 is 0 Å². The number of aryl methyl sites for hydroxylation is 1. The molecule has 0 radical (unpaired) electrons. The Labute approximate surface area is 160 Å². The third-order valence-electron chi connectivity index (χ3n) is 4.30. The molecule has 2 amide bonds. The smallest absolute Gasteiger partial charge is 0.315 e. The lowest BCUT2D eigenvalue weighted by Crippen LogP contribution is -2.40. The highest BCUT2D eigenvalue weighted by atomic mass is 16.5. The van der Waals surface area contributed by atoms with Crippen LogP contribution < -0.4 is 24.8 Å². The Kier molecular flexibility index (Phi) is 7.79. The summed E-state index contributed by atoms with van der Waals surface area (Å²) in [6, 6.07) is 13.4. The van der Waals surface area contributed by atoms with Gasteiger partial charge in [0.2, 0.25) is 0 Å². The minimum atomic E-state index is -0.188. The molecule has 27 heavy (non-hydrogen) atoms. The minimum absolute atomic E-state index is 0.0671. The van der Waals surface area contributed by atoms with Crippen LogP contribution in [0, 0.1) is 0 Å². The number of carbonyl (C=O) groups excluding carboxylic acids is 1. The molecule has 0 bridgehead atoms. The van der Waals surface area contributed by atoms with Crippen LogP contribution in [0.15, 0.2) is 42.5 Å². The van der Waals surface area contributed by atoms with E-state index in [0.29, 0.717) is 18.0 Å². The van der Waals surface area contributed by atoms with E-state index in [9.17, 15) is 4.79 Å². The van der Waals surface area contributed by atoms with E-state index >= 15 is 0 Å². The quantitative estimate of drug-likeness (QED) is 0.706. The van der Waals surface area contributed by atoms with Gasteiger partial charge in [0.05, 0.1) is 21.3 Å². The third kappa shape index (κ3) is 6.40. The number of benzene rings is 2. The summed E-state index contributed by atoms with van der Waals surface area (Å²) in [5, 5.41) is 5.83. The van der Waals surface area contributed by atoms with E-state index < -0.39 is 0 Å². The number of methoxy groups -OCH3 is 3. The predicted molar refractivity (Wildman–Crippen MR) is 106 cm³/mol. The number of nitrogens with one attached hydrogen (secondary N) is 2. The van der Waals surface area contributed by atoms with Gasteiger partial charge >= 0.3 is 6.03 Å². The van der Waals surface area contributed by atoms with Gasteiger partial charge in [-0.15, -0.1) is 0 Å². The molecule has 0 aromatic heterocycles. The summed E-state index contributed by atoms with van der Waals surface area (Å²) in [6.45, 7) is 2.41. The van der Waals surface area contributed by atoms with Crippen molar-refractivity contribution in [2.24, 2.45) is 0 Å². The van der Waals surface area contributed by atoms with Crippen molar-refractivity contribution in [3.8, 4) is 17.2 Å². The average Bonchev–Trinajstić information content (AvgIpc) is 2.70. The summed E-state index contributed by atoms with van der Waals surface area (Å²) >= 11 is 0. The fourth-order valence-electron chi connectivity index (χ4n) is 2.70. The molecule has 1 unspecified atom stereocenters. The lowest BCUT2D eigenvalue weighted by atomic mass is 10.1. The molecule has 0 aliphatic carbocycles. The van der Waals surface area contributed by atoms with Crippen LogP contribution in [-0.4, -0.2) is 33.4 Å². The summed E-state index contributed by atoms with van der Waals surface area (Å²) in [5.41, 5.74) is 2.16. The topological polar surface area (TPSA) is 68.8 Å². The largest absolute Gasteiger partial charge is 0.497 e. The number of hydrogen-bond donors (Lipinski definition) is 2. The van der Waals surface area contributed by atoms with Gasteiger partial charge in [-0.05, 0) is 55.2 Å². The van der Waals surface area contributed by atoms with Gasteiger partial charge < -0.3 is 24.8 Å². The maximum Gasteiger partial charge on any atom is 0.315 e. The van der Waals surface area contributed by atoms with E-state index in [1.165, 1.54) is 5.56 Å².